The molecule has 0 atom stereocenters. The fourth-order valence-electron chi connectivity index (χ4n) is 3.29. The number of hydrogen-bond donors (Lipinski definition) is 0. The van der Waals surface area contributed by atoms with Crippen molar-refractivity contribution in [1.82, 2.24) is 4.90 Å². The van der Waals surface area contributed by atoms with Gasteiger partial charge in [-0.2, -0.15) is 0 Å². The van der Waals surface area contributed by atoms with Crippen molar-refractivity contribution in [3.63, 3.8) is 0 Å². The van der Waals surface area contributed by atoms with Gasteiger partial charge in [0.05, 0.1) is 16.6 Å². The van der Waals surface area contributed by atoms with Gasteiger partial charge in [0.25, 0.3) is 0 Å². The molecule has 0 bridgehead atoms. The van der Waals surface area contributed by atoms with Crippen LogP contribution >= 0.6 is 23.2 Å². The average molecular weight is 387 g/mol. The molecule has 3 nitrogen and oxygen atoms in total. The zero-order valence-electron chi connectivity index (χ0n) is 14.4. The molecule has 5 heteroatoms. The van der Waals surface area contributed by atoms with Crippen LogP contribution in [-0.2, 0) is 6.54 Å². The molecule has 0 saturated carbocycles. The minimum Gasteiger partial charge on any atom is -0.460 e. The molecule has 2 aromatic carbocycles. The molecule has 26 heavy (non-hydrogen) atoms. The Bertz CT molecular complexity index is 871. The predicted octanol–water partition coefficient (Wildman–Crippen LogP) is 5.58. The van der Waals surface area contributed by atoms with Gasteiger partial charge >= 0.3 is 0 Å². The molecular formula is C21H20Cl2N2O. The van der Waals surface area contributed by atoms with Crippen LogP contribution in [0.3, 0.4) is 0 Å². The van der Waals surface area contributed by atoms with Crippen LogP contribution in [0.1, 0.15) is 5.76 Å². The molecular weight excluding hydrogens is 367 g/mol. The van der Waals surface area contributed by atoms with E-state index in [1.807, 2.05) is 36.4 Å². The predicted molar refractivity (Wildman–Crippen MR) is 108 cm³/mol. The molecule has 1 aromatic heterocycles. The van der Waals surface area contributed by atoms with E-state index in [4.69, 9.17) is 27.6 Å². The Morgan fingerprint density at radius 2 is 1.58 bits per heavy atom. The molecule has 134 valence electrons. The summed E-state index contributed by atoms with van der Waals surface area (Å²) in [7, 11) is 0. The van der Waals surface area contributed by atoms with Crippen LogP contribution in [-0.4, -0.2) is 31.1 Å². The zero-order valence-corrected chi connectivity index (χ0v) is 15.9. The molecule has 0 aliphatic carbocycles. The fourth-order valence-corrected chi connectivity index (χ4v) is 3.58. The Balaban J connectivity index is 1.35. The topological polar surface area (TPSA) is 19.6 Å². The van der Waals surface area contributed by atoms with Crippen LogP contribution in [0.25, 0.3) is 11.3 Å². The monoisotopic (exact) mass is 386 g/mol. The minimum absolute atomic E-state index is 0.598. The fraction of sp³-hybridized carbons (Fsp3) is 0.238. The van der Waals surface area contributed by atoms with Gasteiger partial charge in [0.15, 0.2) is 0 Å². The van der Waals surface area contributed by atoms with Crippen LogP contribution in [0.15, 0.2) is 65.1 Å². The van der Waals surface area contributed by atoms with E-state index < -0.39 is 0 Å². The van der Waals surface area contributed by atoms with Gasteiger partial charge in [-0.25, -0.2) is 0 Å². The van der Waals surface area contributed by atoms with Gasteiger partial charge in [-0.15, -0.1) is 0 Å². The van der Waals surface area contributed by atoms with Crippen molar-refractivity contribution in [2.45, 2.75) is 6.54 Å². The van der Waals surface area contributed by atoms with E-state index in [1.165, 1.54) is 0 Å². The maximum absolute atomic E-state index is 6.14. The van der Waals surface area contributed by atoms with Crippen LogP contribution in [0.4, 0.5) is 5.69 Å². The first kappa shape index (κ1) is 17.5. The van der Waals surface area contributed by atoms with Gasteiger partial charge in [0, 0.05) is 37.4 Å². The number of benzene rings is 2. The molecule has 3 aromatic rings. The lowest BCUT2D eigenvalue weighted by molar-refractivity contribution is 0.231. The van der Waals surface area contributed by atoms with Gasteiger partial charge < -0.3 is 9.32 Å². The molecule has 0 N–H and O–H groups in total. The van der Waals surface area contributed by atoms with Crippen molar-refractivity contribution in [2.24, 2.45) is 0 Å². The minimum atomic E-state index is 0.598. The van der Waals surface area contributed by atoms with Crippen molar-refractivity contribution >= 4 is 28.9 Å². The van der Waals surface area contributed by atoms with Gasteiger partial charge in [-0.05, 0) is 30.3 Å². The van der Waals surface area contributed by atoms with Gasteiger partial charge in [0.1, 0.15) is 11.5 Å². The number of hydrogen-bond acceptors (Lipinski definition) is 3. The summed E-state index contributed by atoms with van der Waals surface area (Å²) in [6, 6.07) is 20.2. The smallest absolute Gasteiger partial charge is 0.134 e. The molecule has 0 spiro atoms. The van der Waals surface area contributed by atoms with Gasteiger partial charge in [-0.3, -0.25) is 4.90 Å². The number of anilines is 1. The Kier molecular flexibility index (Phi) is 5.21. The van der Waals surface area contributed by atoms with E-state index >= 15 is 0 Å². The standard InChI is InChI=1S/C21H20Cl2N2O/c22-19-8-6-17(14-20(19)23)25-12-10-24(11-13-25)15-18-7-9-21(26-18)16-4-2-1-3-5-16/h1-9,14H,10-13,15H2. The van der Waals surface area contributed by atoms with E-state index in [9.17, 15) is 0 Å². The lowest BCUT2D eigenvalue weighted by atomic mass is 10.2. The Morgan fingerprint density at radius 1 is 0.808 bits per heavy atom. The number of piperazine rings is 1. The second-order valence-corrected chi connectivity index (χ2v) is 7.31. The summed E-state index contributed by atoms with van der Waals surface area (Å²) < 4.78 is 6.03. The molecule has 0 amide bonds. The summed E-state index contributed by atoms with van der Waals surface area (Å²) in [5.41, 5.74) is 2.24. The van der Waals surface area contributed by atoms with Crippen molar-refractivity contribution in [2.75, 3.05) is 31.1 Å². The summed E-state index contributed by atoms with van der Waals surface area (Å²) >= 11 is 12.2. The molecule has 1 aliphatic rings. The van der Waals surface area contributed by atoms with Gasteiger partial charge in [0.2, 0.25) is 0 Å². The SMILES string of the molecule is Clc1ccc(N2CCN(Cc3ccc(-c4ccccc4)o3)CC2)cc1Cl. The second-order valence-electron chi connectivity index (χ2n) is 6.49. The third-order valence-electron chi connectivity index (χ3n) is 4.74. The maximum atomic E-state index is 6.14. The van der Waals surface area contributed by atoms with Crippen LogP contribution in [0.2, 0.25) is 10.0 Å². The van der Waals surface area contributed by atoms with E-state index in [0.717, 1.165) is 55.5 Å². The Hall–Kier alpha value is -1.94. The molecule has 4 rings (SSSR count). The number of nitrogens with zero attached hydrogens (tertiary/aromatic N) is 2. The second kappa shape index (κ2) is 7.75. The largest absolute Gasteiger partial charge is 0.460 e. The summed E-state index contributed by atoms with van der Waals surface area (Å²) in [6.07, 6.45) is 0. The summed E-state index contributed by atoms with van der Waals surface area (Å²) in [6.45, 7) is 4.74. The highest BCUT2D eigenvalue weighted by atomic mass is 35.5. The normalized spacial score (nSPS) is 15.4. The first-order valence-corrected chi connectivity index (χ1v) is 9.51. The summed E-state index contributed by atoms with van der Waals surface area (Å²) in [4.78, 5) is 4.76. The highest BCUT2D eigenvalue weighted by molar-refractivity contribution is 6.42. The van der Waals surface area contributed by atoms with Crippen molar-refractivity contribution in [1.29, 1.82) is 0 Å². The molecule has 1 aliphatic heterocycles. The summed E-state index contributed by atoms with van der Waals surface area (Å²) in [5.74, 6) is 1.93. The average Bonchev–Trinajstić information content (AvgIpc) is 3.14. The highest BCUT2D eigenvalue weighted by Gasteiger charge is 2.19. The first-order chi connectivity index (χ1) is 12.7. The number of halogens is 2. The Labute approximate surface area is 163 Å². The van der Waals surface area contributed by atoms with E-state index in [0.29, 0.717) is 10.0 Å². The quantitative estimate of drug-likeness (QED) is 0.583. The third kappa shape index (κ3) is 3.90. The number of rotatable bonds is 4. The van der Waals surface area contributed by atoms with Crippen LogP contribution in [0.5, 0.6) is 0 Å². The summed E-state index contributed by atoms with van der Waals surface area (Å²) in [5, 5.41) is 1.21. The Morgan fingerprint density at radius 3 is 2.31 bits per heavy atom. The van der Waals surface area contributed by atoms with E-state index in [-0.39, 0.29) is 0 Å². The van der Waals surface area contributed by atoms with Gasteiger partial charge in [-0.1, -0.05) is 53.5 Å². The van der Waals surface area contributed by atoms with E-state index in [2.05, 4.69) is 34.1 Å². The van der Waals surface area contributed by atoms with E-state index in [1.54, 1.807) is 0 Å². The van der Waals surface area contributed by atoms with Crippen LogP contribution in [0, 0.1) is 0 Å². The van der Waals surface area contributed by atoms with Crippen molar-refractivity contribution in [3.05, 3.63) is 76.5 Å². The van der Waals surface area contributed by atoms with Crippen molar-refractivity contribution in [3.8, 4) is 11.3 Å². The molecule has 1 fully saturated rings. The van der Waals surface area contributed by atoms with Crippen LogP contribution < -0.4 is 4.90 Å². The first-order valence-electron chi connectivity index (χ1n) is 8.75. The zero-order chi connectivity index (χ0) is 17.9. The molecule has 0 unspecified atom stereocenters. The maximum Gasteiger partial charge on any atom is 0.134 e. The third-order valence-corrected chi connectivity index (χ3v) is 5.48. The van der Waals surface area contributed by atoms with Crippen molar-refractivity contribution < 1.29 is 4.42 Å². The highest BCUT2D eigenvalue weighted by Crippen LogP contribution is 2.28. The lowest BCUT2D eigenvalue weighted by Gasteiger charge is -2.35. The molecule has 1 saturated heterocycles. The molecule has 2 heterocycles. The lowest BCUT2D eigenvalue weighted by Crippen LogP contribution is -2.45. The number of furan rings is 1. The molecule has 0 radical (unpaired) electrons.